The number of esters is 1. The summed E-state index contributed by atoms with van der Waals surface area (Å²) in [5.41, 5.74) is 0.162. The molecule has 7 nitrogen and oxygen atoms in total. The minimum absolute atomic E-state index is 0.00259. The summed E-state index contributed by atoms with van der Waals surface area (Å²) in [7, 11) is 1.45. The van der Waals surface area contributed by atoms with E-state index >= 15 is 0 Å². The number of benzene rings is 2. The van der Waals surface area contributed by atoms with Crippen LogP contribution in [0.5, 0.6) is 11.5 Å². The number of amides is 1. The Balaban J connectivity index is 2.14. The Kier molecular flexibility index (Phi) is 9.28. The molecule has 2 aromatic carbocycles. The van der Waals surface area contributed by atoms with E-state index < -0.39 is 24.3 Å². The number of rotatable bonds is 10. The fourth-order valence-corrected chi connectivity index (χ4v) is 3.24. The van der Waals surface area contributed by atoms with Gasteiger partial charge in [0.25, 0.3) is 5.91 Å². The Bertz CT molecular complexity index is 977. The summed E-state index contributed by atoms with van der Waals surface area (Å²) in [6, 6.07) is 10.6. The monoisotopic (exact) mass is 492 g/mol. The second kappa shape index (κ2) is 11.9. The second-order valence-electron chi connectivity index (χ2n) is 6.32. The lowest BCUT2D eigenvalue weighted by atomic mass is 10.2. The molecule has 0 bridgehead atoms. The average molecular weight is 493 g/mol. The molecule has 164 valence electrons. The van der Waals surface area contributed by atoms with Gasteiger partial charge in [-0.3, -0.25) is 4.79 Å². The molecule has 0 atom stereocenters. The number of nitrogens with zero attached hydrogens (tertiary/aromatic N) is 2. The molecule has 1 amide bonds. The highest BCUT2D eigenvalue weighted by Crippen LogP contribution is 2.37. The molecule has 0 radical (unpaired) electrons. The highest BCUT2D eigenvalue weighted by Gasteiger charge is 2.22. The van der Waals surface area contributed by atoms with E-state index in [1.165, 1.54) is 37.4 Å². The zero-order valence-electron chi connectivity index (χ0n) is 17.2. The van der Waals surface area contributed by atoms with E-state index in [-0.39, 0.29) is 24.2 Å². The zero-order valence-corrected chi connectivity index (χ0v) is 18.8. The van der Waals surface area contributed by atoms with Crippen LogP contribution in [0.4, 0.5) is 10.1 Å². The van der Waals surface area contributed by atoms with Crippen LogP contribution in [0.15, 0.2) is 40.9 Å². The molecule has 0 aliphatic carbocycles. The van der Waals surface area contributed by atoms with Crippen molar-refractivity contribution >= 4 is 33.5 Å². The van der Waals surface area contributed by atoms with E-state index in [4.69, 9.17) is 19.5 Å². The topological polar surface area (TPSA) is 88.9 Å². The summed E-state index contributed by atoms with van der Waals surface area (Å²) >= 11 is 3.35. The molecule has 2 aromatic rings. The van der Waals surface area contributed by atoms with E-state index in [0.29, 0.717) is 22.6 Å². The number of carbonyl (C=O) groups is 2. The van der Waals surface area contributed by atoms with Gasteiger partial charge in [-0.15, -0.1) is 0 Å². The van der Waals surface area contributed by atoms with Crippen molar-refractivity contribution in [1.82, 2.24) is 0 Å². The van der Waals surface area contributed by atoms with E-state index in [2.05, 4.69) is 15.9 Å². The number of carbonyl (C=O) groups excluding carboxylic acids is 2. The Labute approximate surface area is 188 Å². The third-order valence-corrected chi connectivity index (χ3v) is 4.72. The summed E-state index contributed by atoms with van der Waals surface area (Å²) in [4.78, 5) is 26.2. The van der Waals surface area contributed by atoms with E-state index in [1.807, 2.05) is 13.0 Å². The molecule has 9 heteroatoms. The molecule has 0 N–H and O–H groups in total. The van der Waals surface area contributed by atoms with Crippen molar-refractivity contribution in [1.29, 1.82) is 5.26 Å². The van der Waals surface area contributed by atoms with Crippen LogP contribution in [-0.4, -0.2) is 38.7 Å². The van der Waals surface area contributed by atoms with Crippen molar-refractivity contribution in [2.75, 3.05) is 31.8 Å². The summed E-state index contributed by atoms with van der Waals surface area (Å²) in [6.07, 6.45) is 0.795. The van der Waals surface area contributed by atoms with Crippen molar-refractivity contribution < 1.29 is 28.2 Å². The molecule has 0 saturated carbocycles. The number of hydrogen-bond donors (Lipinski definition) is 0. The first-order valence-electron chi connectivity index (χ1n) is 9.52. The van der Waals surface area contributed by atoms with Gasteiger partial charge in [-0.05, 0) is 46.6 Å². The van der Waals surface area contributed by atoms with Crippen molar-refractivity contribution in [3.8, 4) is 17.6 Å². The van der Waals surface area contributed by atoms with Crippen LogP contribution < -0.4 is 14.4 Å². The molecule has 0 aromatic heterocycles. The minimum atomic E-state index is -0.761. The molecule has 0 fully saturated rings. The van der Waals surface area contributed by atoms with Crippen LogP contribution in [0.3, 0.4) is 0 Å². The molecule has 31 heavy (non-hydrogen) atoms. The first kappa shape index (κ1) is 24.2. The highest BCUT2D eigenvalue weighted by molar-refractivity contribution is 9.10. The Morgan fingerprint density at radius 1 is 1.26 bits per heavy atom. The number of para-hydroxylation sites is 1. The normalized spacial score (nSPS) is 10.2. The predicted molar refractivity (Wildman–Crippen MR) is 116 cm³/mol. The third kappa shape index (κ3) is 6.43. The maximum atomic E-state index is 14.1. The molecular formula is C22H22BrFN2O5. The Hall–Kier alpha value is -3.12. The van der Waals surface area contributed by atoms with Crippen molar-refractivity contribution in [3.05, 3.63) is 52.3 Å². The van der Waals surface area contributed by atoms with Crippen LogP contribution in [0, 0.1) is 17.1 Å². The molecule has 0 spiro atoms. The van der Waals surface area contributed by atoms with Crippen LogP contribution in [0.2, 0.25) is 0 Å². The third-order valence-electron chi connectivity index (χ3n) is 4.13. The van der Waals surface area contributed by atoms with Crippen molar-refractivity contribution in [2.24, 2.45) is 0 Å². The lowest BCUT2D eigenvalue weighted by Gasteiger charge is -2.22. The van der Waals surface area contributed by atoms with Gasteiger partial charge in [-0.25, -0.2) is 9.18 Å². The maximum Gasteiger partial charge on any atom is 0.338 e. The highest BCUT2D eigenvalue weighted by atomic mass is 79.9. The number of halogens is 2. The summed E-state index contributed by atoms with van der Waals surface area (Å²) in [6.45, 7) is 1.79. The quantitative estimate of drug-likeness (QED) is 0.454. The lowest BCUT2D eigenvalue weighted by molar-refractivity contribution is -0.121. The van der Waals surface area contributed by atoms with E-state index in [1.54, 1.807) is 6.07 Å². The van der Waals surface area contributed by atoms with Crippen LogP contribution in [0.1, 0.15) is 30.1 Å². The first-order chi connectivity index (χ1) is 14.9. The molecule has 0 saturated heterocycles. The number of anilines is 1. The van der Waals surface area contributed by atoms with E-state index in [0.717, 1.165) is 11.3 Å². The lowest BCUT2D eigenvalue weighted by Crippen LogP contribution is -2.36. The summed E-state index contributed by atoms with van der Waals surface area (Å²) in [5, 5.41) is 8.84. The second-order valence-corrected chi connectivity index (χ2v) is 7.17. The van der Waals surface area contributed by atoms with Gasteiger partial charge in [-0.2, -0.15) is 5.26 Å². The van der Waals surface area contributed by atoms with Crippen LogP contribution in [-0.2, 0) is 9.53 Å². The van der Waals surface area contributed by atoms with Gasteiger partial charge in [-0.1, -0.05) is 19.1 Å². The van der Waals surface area contributed by atoms with Gasteiger partial charge >= 0.3 is 5.97 Å². The minimum Gasteiger partial charge on any atom is -0.493 e. The standard InChI is InChI=1S/C22H22BrFN2O5/c1-3-11-30-21-16(23)12-15(13-19(21)29-2)22(28)31-14-20(27)26(10-6-9-25)18-8-5-4-7-17(18)24/h4-5,7-8,12-13H,3,6,10-11,14H2,1-2H3. The van der Waals surface area contributed by atoms with Crippen LogP contribution in [0.25, 0.3) is 0 Å². The fourth-order valence-electron chi connectivity index (χ4n) is 2.68. The molecule has 0 aliphatic heterocycles. The molecular weight excluding hydrogens is 471 g/mol. The smallest absolute Gasteiger partial charge is 0.338 e. The van der Waals surface area contributed by atoms with Gasteiger partial charge in [0, 0.05) is 6.54 Å². The predicted octanol–water partition coefficient (Wildman–Crippen LogP) is 4.49. The summed E-state index contributed by atoms with van der Waals surface area (Å²) in [5.74, 6) is -1.23. The van der Waals surface area contributed by atoms with Gasteiger partial charge < -0.3 is 19.1 Å². The number of hydrogen-bond acceptors (Lipinski definition) is 6. The Morgan fingerprint density at radius 2 is 2.00 bits per heavy atom. The number of methoxy groups -OCH3 is 1. The number of nitriles is 1. The molecule has 0 heterocycles. The zero-order chi connectivity index (χ0) is 22.8. The Morgan fingerprint density at radius 3 is 2.65 bits per heavy atom. The average Bonchev–Trinajstić information content (AvgIpc) is 2.77. The van der Waals surface area contributed by atoms with Crippen molar-refractivity contribution in [2.45, 2.75) is 19.8 Å². The van der Waals surface area contributed by atoms with Gasteiger partial charge in [0.15, 0.2) is 18.1 Å². The summed E-state index contributed by atoms with van der Waals surface area (Å²) < 4.78 is 30.7. The fraction of sp³-hybridized carbons (Fsp3) is 0.318. The first-order valence-corrected chi connectivity index (χ1v) is 10.3. The molecule has 0 unspecified atom stereocenters. The largest absolute Gasteiger partial charge is 0.493 e. The van der Waals surface area contributed by atoms with Gasteiger partial charge in [0.2, 0.25) is 0 Å². The van der Waals surface area contributed by atoms with Crippen molar-refractivity contribution in [3.63, 3.8) is 0 Å². The van der Waals surface area contributed by atoms with E-state index in [9.17, 15) is 14.0 Å². The molecule has 2 rings (SSSR count). The SMILES string of the molecule is CCCOc1c(Br)cc(C(=O)OCC(=O)N(CCC#N)c2ccccc2F)cc1OC. The van der Waals surface area contributed by atoms with Gasteiger partial charge in [0.05, 0.1) is 41.9 Å². The van der Waals surface area contributed by atoms with Gasteiger partial charge in [0.1, 0.15) is 5.82 Å². The number of ether oxygens (including phenoxy) is 3. The van der Waals surface area contributed by atoms with Crippen LogP contribution >= 0.6 is 15.9 Å². The molecule has 0 aliphatic rings. The maximum absolute atomic E-state index is 14.1.